The second-order valence-electron chi connectivity index (χ2n) is 3.56. The van der Waals surface area contributed by atoms with Crippen molar-refractivity contribution >= 4 is 5.78 Å². The zero-order valence-electron chi connectivity index (χ0n) is 9.67. The van der Waals surface area contributed by atoms with Crippen molar-refractivity contribution in [3.8, 4) is 5.75 Å². The van der Waals surface area contributed by atoms with Gasteiger partial charge in [0.25, 0.3) is 0 Å². The third-order valence-electron chi connectivity index (χ3n) is 2.21. The standard InChI is InChI=1S/C12H15FO3/c1-8(14)4-11-9(7-15-2)5-10(13)6-12(11)16-3/h5-6H,4,7H2,1-3H3. The summed E-state index contributed by atoms with van der Waals surface area (Å²) < 4.78 is 23.3. The summed E-state index contributed by atoms with van der Waals surface area (Å²) in [5.74, 6) is 0.000660. The number of carbonyl (C=O) groups is 1. The van der Waals surface area contributed by atoms with Gasteiger partial charge in [-0.3, -0.25) is 4.79 Å². The van der Waals surface area contributed by atoms with Crippen LogP contribution in [0.25, 0.3) is 0 Å². The van der Waals surface area contributed by atoms with Crippen LogP contribution in [0.2, 0.25) is 0 Å². The van der Waals surface area contributed by atoms with Gasteiger partial charge in [0.15, 0.2) is 0 Å². The quantitative estimate of drug-likeness (QED) is 0.771. The van der Waals surface area contributed by atoms with Crippen LogP contribution in [-0.4, -0.2) is 20.0 Å². The van der Waals surface area contributed by atoms with E-state index in [0.717, 1.165) is 0 Å². The molecule has 1 aromatic carbocycles. The van der Waals surface area contributed by atoms with E-state index in [0.29, 0.717) is 16.9 Å². The van der Waals surface area contributed by atoms with Crippen molar-refractivity contribution in [1.82, 2.24) is 0 Å². The molecule has 4 heteroatoms. The van der Waals surface area contributed by atoms with Gasteiger partial charge in [0.1, 0.15) is 17.3 Å². The molecule has 0 saturated carbocycles. The first-order valence-corrected chi connectivity index (χ1v) is 4.92. The van der Waals surface area contributed by atoms with E-state index in [2.05, 4.69) is 0 Å². The normalized spacial score (nSPS) is 10.2. The molecule has 0 aromatic heterocycles. The molecule has 0 radical (unpaired) electrons. The lowest BCUT2D eigenvalue weighted by Gasteiger charge is -2.12. The third-order valence-corrected chi connectivity index (χ3v) is 2.21. The number of ether oxygens (including phenoxy) is 2. The van der Waals surface area contributed by atoms with Crippen molar-refractivity contribution in [2.75, 3.05) is 14.2 Å². The molecule has 0 unspecified atom stereocenters. The number of Topliss-reactive ketones (excluding diaryl/α,β-unsaturated/α-hetero) is 1. The Morgan fingerprint density at radius 3 is 2.56 bits per heavy atom. The summed E-state index contributed by atoms with van der Waals surface area (Å²) in [4.78, 5) is 11.1. The summed E-state index contributed by atoms with van der Waals surface area (Å²) in [7, 11) is 2.98. The molecule has 0 amide bonds. The van der Waals surface area contributed by atoms with Crippen LogP contribution < -0.4 is 4.74 Å². The van der Waals surface area contributed by atoms with E-state index in [-0.39, 0.29) is 18.8 Å². The highest BCUT2D eigenvalue weighted by Gasteiger charge is 2.13. The molecule has 16 heavy (non-hydrogen) atoms. The molecule has 0 spiro atoms. The molecule has 0 aliphatic rings. The van der Waals surface area contributed by atoms with Gasteiger partial charge in [-0.1, -0.05) is 0 Å². The SMILES string of the molecule is COCc1cc(F)cc(OC)c1CC(C)=O. The van der Waals surface area contributed by atoms with Crippen LogP contribution in [0.4, 0.5) is 4.39 Å². The zero-order chi connectivity index (χ0) is 12.1. The molecule has 0 N–H and O–H groups in total. The fourth-order valence-corrected chi connectivity index (χ4v) is 1.58. The summed E-state index contributed by atoms with van der Waals surface area (Å²) in [5.41, 5.74) is 1.34. The largest absolute Gasteiger partial charge is 0.496 e. The summed E-state index contributed by atoms with van der Waals surface area (Å²) >= 11 is 0. The number of ketones is 1. The van der Waals surface area contributed by atoms with Crippen LogP contribution in [0, 0.1) is 5.82 Å². The Morgan fingerprint density at radius 2 is 2.06 bits per heavy atom. The molecule has 0 heterocycles. The number of rotatable bonds is 5. The van der Waals surface area contributed by atoms with Crippen molar-refractivity contribution in [2.45, 2.75) is 20.0 Å². The van der Waals surface area contributed by atoms with Gasteiger partial charge in [-0.15, -0.1) is 0 Å². The Bertz CT molecular complexity index is 388. The molecule has 0 fully saturated rings. The van der Waals surface area contributed by atoms with Crippen LogP contribution in [0.3, 0.4) is 0 Å². The molecule has 1 rings (SSSR count). The maximum atomic E-state index is 13.2. The second-order valence-corrected chi connectivity index (χ2v) is 3.56. The van der Waals surface area contributed by atoms with Gasteiger partial charge in [0, 0.05) is 25.2 Å². The Balaban J connectivity index is 3.20. The van der Waals surface area contributed by atoms with Crippen LogP contribution in [-0.2, 0) is 22.6 Å². The number of halogens is 1. The molecular formula is C12H15FO3. The molecule has 0 aliphatic heterocycles. The Kier molecular flexibility index (Phi) is 4.43. The summed E-state index contributed by atoms with van der Waals surface area (Å²) in [5, 5.41) is 0. The summed E-state index contributed by atoms with van der Waals surface area (Å²) in [6.45, 7) is 1.75. The Hall–Kier alpha value is -1.42. The Labute approximate surface area is 94.2 Å². The van der Waals surface area contributed by atoms with E-state index in [1.807, 2.05) is 0 Å². The topological polar surface area (TPSA) is 35.5 Å². The van der Waals surface area contributed by atoms with E-state index < -0.39 is 5.82 Å². The average molecular weight is 226 g/mol. The van der Waals surface area contributed by atoms with Gasteiger partial charge < -0.3 is 9.47 Å². The van der Waals surface area contributed by atoms with Gasteiger partial charge in [0.05, 0.1) is 13.7 Å². The first-order chi connectivity index (χ1) is 7.58. The zero-order valence-corrected chi connectivity index (χ0v) is 9.67. The Morgan fingerprint density at radius 1 is 1.38 bits per heavy atom. The predicted molar refractivity (Wildman–Crippen MR) is 58.1 cm³/mol. The molecule has 0 bridgehead atoms. The van der Waals surface area contributed by atoms with Crippen LogP contribution in [0.15, 0.2) is 12.1 Å². The van der Waals surface area contributed by atoms with Crippen LogP contribution in [0.5, 0.6) is 5.75 Å². The maximum absolute atomic E-state index is 13.2. The first kappa shape index (κ1) is 12.6. The average Bonchev–Trinajstić information content (AvgIpc) is 2.21. The van der Waals surface area contributed by atoms with Crippen LogP contribution in [0.1, 0.15) is 18.1 Å². The van der Waals surface area contributed by atoms with E-state index >= 15 is 0 Å². The predicted octanol–water partition coefficient (Wildman–Crippen LogP) is 2.11. The highest BCUT2D eigenvalue weighted by atomic mass is 19.1. The molecule has 0 saturated heterocycles. The summed E-state index contributed by atoms with van der Waals surface area (Å²) in [6.07, 6.45) is 0.224. The fourth-order valence-electron chi connectivity index (χ4n) is 1.58. The highest BCUT2D eigenvalue weighted by molar-refractivity contribution is 5.79. The van der Waals surface area contributed by atoms with Gasteiger partial charge >= 0.3 is 0 Å². The monoisotopic (exact) mass is 226 g/mol. The lowest BCUT2D eigenvalue weighted by atomic mass is 10.0. The maximum Gasteiger partial charge on any atom is 0.134 e. The highest BCUT2D eigenvalue weighted by Crippen LogP contribution is 2.25. The molecule has 0 atom stereocenters. The summed E-state index contributed by atoms with van der Waals surface area (Å²) in [6, 6.07) is 2.64. The van der Waals surface area contributed by atoms with E-state index in [9.17, 15) is 9.18 Å². The van der Waals surface area contributed by atoms with Crippen LogP contribution >= 0.6 is 0 Å². The van der Waals surface area contributed by atoms with E-state index in [4.69, 9.17) is 9.47 Å². The second kappa shape index (κ2) is 5.61. The van der Waals surface area contributed by atoms with E-state index in [1.54, 1.807) is 0 Å². The van der Waals surface area contributed by atoms with Crippen molar-refractivity contribution in [2.24, 2.45) is 0 Å². The fraction of sp³-hybridized carbons (Fsp3) is 0.417. The molecule has 1 aromatic rings. The smallest absolute Gasteiger partial charge is 0.134 e. The number of hydrogen-bond donors (Lipinski definition) is 0. The minimum Gasteiger partial charge on any atom is -0.496 e. The number of benzene rings is 1. The lowest BCUT2D eigenvalue weighted by molar-refractivity contribution is -0.116. The minimum absolute atomic E-state index is 0.00209. The molecule has 0 aliphatic carbocycles. The molecular weight excluding hydrogens is 211 g/mol. The molecule has 3 nitrogen and oxygen atoms in total. The number of carbonyl (C=O) groups excluding carboxylic acids is 1. The van der Waals surface area contributed by atoms with Crippen molar-refractivity contribution in [3.63, 3.8) is 0 Å². The van der Waals surface area contributed by atoms with Gasteiger partial charge in [0.2, 0.25) is 0 Å². The number of hydrogen-bond acceptors (Lipinski definition) is 3. The van der Waals surface area contributed by atoms with Gasteiger partial charge in [-0.25, -0.2) is 4.39 Å². The van der Waals surface area contributed by atoms with Crippen molar-refractivity contribution in [1.29, 1.82) is 0 Å². The lowest BCUT2D eigenvalue weighted by Crippen LogP contribution is -2.05. The minimum atomic E-state index is -0.392. The molecule has 88 valence electrons. The number of methoxy groups -OCH3 is 2. The van der Waals surface area contributed by atoms with E-state index in [1.165, 1.54) is 33.3 Å². The van der Waals surface area contributed by atoms with Gasteiger partial charge in [-0.2, -0.15) is 0 Å². The first-order valence-electron chi connectivity index (χ1n) is 4.92. The van der Waals surface area contributed by atoms with Crippen molar-refractivity contribution in [3.05, 3.63) is 29.1 Å². The van der Waals surface area contributed by atoms with Crippen molar-refractivity contribution < 1.29 is 18.7 Å². The van der Waals surface area contributed by atoms with Gasteiger partial charge in [-0.05, 0) is 18.6 Å². The third kappa shape index (κ3) is 3.03.